The maximum Gasteiger partial charge on any atom is 0.370 e. The summed E-state index contributed by atoms with van der Waals surface area (Å²) in [6, 6.07) is 7.98. The van der Waals surface area contributed by atoms with E-state index in [4.69, 9.17) is 14.2 Å². The van der Waals surface area contributed by atoms with Crippen LogP contribution in [-0.2, 0) is 35.2 Å². The van der Waals surface area contributed by atoms with Crippen molar-refractivity contribution < 1.29 is 33.4 Å². The van der Waals surface area contributed by atoms with E-state index in [1.807, 2.05) is 18.2 Å². The molecular weight excluding hydrogens is 410 g/mol. The van der Waals surface area contributed by atoms with Crippen LogP contribution in [0, 0.1) is 5.41 Å². The predicted octanol–water partition coefficient (Wildman–Crippen LogP) is 3.43. The van der Waals surface area contributed by atoms with E-state index in [1.165, 1.54) is 6.92 Å². The van der Waals surface area contributed by atoms with Gasteiger partial charge in [0, 0.05) is 6.92 Å². The fraction of sp³-hybridized carbons (Fsp3) is 0.524. The van der Waals surface area contributed by atoms with Crippen LogP contribution >= 0.6 is 11.8 Å². The minimum Gasteiger partial charge on any atom is -0.459 e. The molecule has 0 heterocycles. The summed E-state index contributed by atoms with van der Waals surface area (Å²) in [5.74, 6) is -1.64. The van der Waals surface area contributed by atoms with Crippen LogP contribution in [0.5, 0.6) is 0 Å². The Kier molecular flexibility index (Phi) is 9.35. The van der Waals surface area contributed by atoms with Gasteiger partial charge < -0.3 is 19.5 Å². The molecule has 0 aromatic heterocycles. The van der Waals surface area contributed by atoms with Gasteiger partial charge in [0.25, 0.3) is 0 Å². The summed E-state index contributed by atoms with van der Waals surface area (Å²) < 4.78 is 14.0. The number of rotatable bonds is 8. The molecule has 0 bridgehead atoms. The number of nitrogens with one attached hydrogen (secondary N) is 1. The van der Waals surface area contributed by atoms with Crippen LogP contribution < -0.4 is 5.32 Å². The van der Waals surface area contributed by atoms with E-state index in [2.05, 4.69) is 5.32 Å². The van der Waals surface area contributed by atoms with Gasteiger partial charge in [-0.1, -0.05) is 30.3 Å². The van der Waals surface area contributed by atoms with Gasteiger partial charge in [0.1, 0.15) is 12.6 Å². The third-order valence-corrected chi connectivity index (χ3v) is 4.87. The summed E-state index contributed by atoms with van der Waals surface area (Å²) in [5.41, 5.74) is 0.0654. The highest BCUT2D eigenvalue weighted by molar-refractivity contribution is 8.14. The second-order valence-corrected chi connectivity index (χ2v) is 9.72. The van der Waals surface area contributed by atoms with Gasteiger partial charge in [0.2, 0.25) is 12.7 Å². The van der Waals surface area contributed by atoms with Crippen LogP contribution in [-0.4, -0.2) is 40.7 Å². The molecule has 0 spiro atoms. The molecule has 1 atom stereocenters. The van der Waals surface area contributed by atoms with Gasteiger partial charge in [-0.25, -0.2) is 9.59 Å². The van der Waals surface area contributed by atoms with Crippen molar-refractivity contribution >= 4 is 34.9 Å². The van der Waals surface area contributed by atoms with Crippen molar-refractivity contribution in [3.63, 3.8) is 0 Å². The monoisotopic (exact) mass is 439 g/mol. The first-order chi connectivity index (χ1) is 13.8. The van der Waals surface area contributed by atoms with Gasteiger partial charge in [-0.05, 0) is 51.9 Å². The van der Waals surface area contributed by atoms with Crippen LogP contribution in [0.25, 0.3) is 0 Å². The molecule has 0 saturated carbocycles. The number of ether oxygens (including phenoxy) is 3. The van der Waals surface area contributed by atoms with E-state index in [1.54, 1.807) is 46.8 Å². The average molecular weight is 440 g/mol. The van der Waals surface area contributed by atoms with Crippen molar-refractivity contribution in [3.05, 3.63) is 35.9 Å². The van der Waals surface area contributed by atoms with Gasteiger partial charge >= 0.3 is 17.2 Å². The molecule has 0 fully saturated rings. The Hall–Kier alpha value is -2.55. The first-order valence-electron chi connectivity index (χ1n) is 9.33. The molecule has 30 heavy (non-hydrogen) atoms. The van der Waals surface area contributed by atoms with E-state index >= 15 is 0 Å². The second-order valence-electron chi connectivity index (χ2n) is 8.13. The van der Waals surface area contributed by atoms with Gasteiger partial charge in [-0.2, -0.15) is 0 Å². The lowest BCUT2D eigenvalue weighted by atomic mass is 9.98. The topological polar surface area (TPSA) is 108 Å². The Morgan fingerprint density at radius 2 is 1.57 bits per heavy atom. The van der Waals surface area contributed by atoms with Gasteiger partial charge in [-0.15, -0.1) is 0 Å². The first kappa shape index (κ1) is 25.5. The van der Waals surface area contributed by atoms with Crippen LogP contribution in [0.1, 0.15) is 47.1 Å². The number of esters is 2. The molecule has 1 aromatic carbocycles. The van der Waals surface area contributed by atoms with Gasteiger partial charge in [-0.3, -0.25) is 9.59 Å². The third-order valence-electron chi connectivity index (χ3n) is 3.83. The molecule has 1 amide bonds. The Morgan fingerprint density at radius 1 is 0.967 bits per heavy atom. The van der Waals surface area contributed by atoms with Crippen molar-refractivity contribution in [2.45, 2.75) is 58.9 Å². The highest BCUT2D eigenvalue weighted by Crippen LogP contribution is 2.31. The average Bonchev–Trinajstić information content (AvgIpc) is 2.63. The second kappa shape index (κ2) is 11.0. The lowest BCUT2D eigenvalue weighted by Gasteiger charge is -2.31. The molecule has 1 N–H and O–H groups in total. The maximum absolute atomic E-state index is 12.6. The Labute approximate surface area is 181 Å². The largest absolute Gasteiger partial charge is 0.459 e. The number of hydrogen-bond donors (Lipinski definition) is 1. The van der Waals surface area contributed by atoms with Gasteiger partial charge in [0.15, 0.2) is 0 Å². The molecular formula is C21H29NO7S. The normalized spacial score (nSPS) is 12.5. The molecule has 1 aromatic rings. The number of carbonyl (C=O) groups is 4. The summed E-state index contributed by atoms with van der Waals surface area (Å²) in [6.45, 7) is 8.98. The Balaban J connectivity index is 2.70. The van der Waals surface area contributed by atoms with Crippen LogP contribution in [0.15, 0.2) is 30.3 Å². The molecule has 0 saturated heterocycles. The van der Waals surface area contributed by atoms with E-state index < -0.39 is 46.1 Å². The van der Waals surface area contributed by atoms with Crippen molar-refractivity contribution in [1.82, 2.24) is 5.32 Å². The molecule has 0 aliphatic heterocycles. The lowest BCUT2D eigenvalue weighted by molar-refractivity contribution is -0.160. The minimum absolute atomic E-state index is 0.0315. The molecule has 9 heteroatoms. The summed E-state index contributed by atoms with van der Waals surface area (Å²) >= 11 is 0.693. The van der Waals surface area contributed by atoms with Crippen LogP contribution in [0.2, 0.25) is 0 Å². The van der Waals surface area contributed by atoms with E-state index in [0.717, 1.165) is 5.56 Å². The molecule has 8 nitrogen and oxygen atoms in total. The zero-order valence-electron chi connectivity index (χ0n) is 18.1. The van der Waals surface area contributed by atoms with Crippen molar-refractivity contribution in [3.8, 4) is 0 Å². The zero-order chi connectivity index (χ0) is 22.9. The van der Waals surface area contributed by atoms with Crippen LogP contribution in [0.4, 0.5) is 4.79 Å². The third kappa shape index (κ3) is 8.86. The molecule has 0 aliphatic carbocycles. The fourth-order valence-corrected chi connectivity index (χ4v) is 2.99. The summed E-state index contributed by atoms with van der Waals surface area (Å²) in [7, 11) is 0. The van der Waals surface area contributed by atoms with Crippen molar-refractivity contribution in [1.29, 1.82) is 0 Å². The van der Waals surface area contributed by atoms with E-state index in [9.17, 15) is 19.2 Å². The van der Waals surface area contributed by atoms with E-state index in [-0.39, 0.29) is 6.61 Å². The highest BCUT2D eigenvalue weighted by Gasteiger charge is 2.40. The number of amides is 1. The Morgan fingerprint density at radius 3 is 2.10 bits per heavy atom. The van der Waals surface area contributed by atoms with Crippen molar-refractivity contribution in [2.24, 2.45) is 5.41 Å². The number of thioether (sulfide) groups is 1. The predicted molar refractivity (Wildman–Crippen MR) is 112 cm³/mol. The quantitative estimate of drug-likeness (QED) is 0.485. The molecule has 0 unspecified atom stereocenters. The first-order valence-corrected chi connectivity index (χ1v) is 10.1. The van der Waals surface area contributed by atoms with E-state index in [0.29, 0.717) is 11.8 Å². The molecule has 0 radical (unpaired) electrons. The SMILES string of the molecule is CC(=O)N[C@@H](C(=O)OCc1ccccc1)C(C)(C)SC(=O)OCOC(=O)C(C)(C)C. The highest BCUT2D eigenvalue weighted by atomic mass is 32.2. The summed E-state index contributed by atoms with van der Waals surface area (Å²) in [4.78, 5) is 48.1. The summed E-state index contributed by atoms with van der Waals surface area (Å²) in [6.07, 6.45) is 0. The number of carbonyl (C=O) groups excluding carboxylic acids is 4. The molecule has 166 valence electrons. The van der Waals surface area contributed by atoms with Crippen LogP contribution in [0.3, 0.4) is 0 Å². The standard InChI is InChI=1S/C21H29NO7S/c1-14(23)22-16(17(24)27-12-15-10-8-7-9-11-15)21(5,6)30-19(26)29-13-28-18(25)20(2,3)4/h7-11,16H,12-13H2,1-6H3,(H,22,23)/t16-/m0/s1. The number of hydrogen-bond acceptors (Lipinski definition) is 8. The molecule has 0 aliphatic rings. The summed E-state index contributed by atoms with van der Waals surface area (Å²) in [5, 5.41) is 1.77. The number of benzene rings is 1. The Bertz CT molecular complexity index is 756. The lowest BCUT2D eigenvalue weighted by Crippen LogP contribution is -2.53. The van der Waals surface area contributed by atoms with Gasteiger partial charge in [0.05, 0.1) is 10.2 Å². The minimum atomic E-state index is -1.10. The van der Waals surface area contributed by atoms with Crippen molar-refractivity contribution in [2.75, 3.05) is 6.79 Å². The fourth-order valence-electron chi connectivity index (χ4n) is 2.18. The zero-order valence-corrected chi connectivity index (χ0v) is 19.0. The molecule has 1 rings (SSSR count). The smallest absolute Gasteiger partial charge is 0.370 e. The maximum atomic E-state index is 12.6.